The van der Waals surface area contributed by atoms with E-state index in [1.165, 1.54) is 0 Å². The van der Waals surface area contributed by atoms with Crippen LogP contribution in [0.5, 0.6) is 5.75 Å². The van der Waals surface area contributed by atoms with E-state index in [4.69, 9.17) is 4.74 Å². The maximum absolute atomic E-state index is 12.1. The molecule has 0 spiro atoms. The average Bonchev–Trinajstić information content (AvgIpc) is 2.62. The van der Waals surface area contributed by atoms with Crippen molar-refractivity contribution in [2.75, 3.05) is 5.32 Å². The fraction of sp³-hybridized carbons (Fsp3) is 0.0526. The van der Waals surface area contributed by atoms with Crippen molar-refractivity contribution < 1.29 is 9.53 Å². The van der Waals surface area contributed by atoms with E-state index in [1.807, 2.05) is 36.4 Å². The fourth-order valence-electron chi connectivity index (χ4n) is 2.07. The van der Waals surface area contributed by atoms with E-state index >= 15 is 0 Å². The van der Waals surface area contributed by atoms with Crippen molar-refractivity contribution in [1.29, 1.82) is 0 Å². The van der Waals surface area contributed by atoms with Gasteiger partial charge >= 0.3 is 0 Å². The molecule has 0 aliphatic heterocycles. The van der Waals surface area contributed by atoms with E-state index in [0.29, 0.717) is 18.0 Å². The van der Waals surface area contributed by atoms with E-state index in [1.54, 1.807) is 42.6 Å². The first-order chi connectivity index (χ1) is 11.3. The second-order valence-electron chi connectivity index (χ2n) is 4.97. The van der Waals surface area contributed by atoms with E-state index in [2.05, 4.69) is 10.3 Å². The smallest absolute Gasteiger partial charge is 0.256 e. The van der Waals surface area contributed by atoms with Crippen molar-refractivity contribution in [3.05, 3.63) is 90.1 Å². The molecule has 0 unspecified atom stereocenters. The number of anilines is 1. The van der Waals surface area contributed by atoms with Gasteiger partial charge in [0.05, 0.1) is 0 Å². The van der Waals surface area contributed by atoms with Crippen LogP contribution in [-0.4, -0.2) is 10.9 Å². The molecule has 3 rings (SSSR count). The molecule has 2 aromatic carbocycles. The molecule has 3 aromatic rings. The van der Waals surface area contributed by atoms with E-state index < -0.39 is 0 Å². The van der Waals surface area contributed by atoms with Gasteiger partial charge in [-0.1, -0.05) is 36.4 Å². The molecule has 4 nitrogen and oxygen atoms in total. The summed E-state index contributed by atoms with van der Waals surface area (Å²) in [6, 6.07) is 22.4. The van der Waals surface area contributed by atoms with Gasteiger partial charge in [0.2, 0.25) is 0 Å². The van der Waals surface area contributed by atoms with Crippen LogP contribution in [0.1, 0.15) is 15.9 Å². The van der Waals surface area contributed by atoms with Gasteiger partial charge in [-0.3, -0.25) is 4.79 Å². The number of carbonyl (C=O) groups is 1. The lowest BCUT2D eigenvalue weighted by Crippen LogP contribution is -2.12. The van der Waals surface area contributed by atoms with Crippen molar-refractivity contribution in [1.82, 2.24) is 4.98 Å². The Bertz CT molecular complexity index is 756. The molecule has 4 heteroatoms. The predicted molar refractivity (Wildman–Crippen MR) is 89.4 cm³/mol. The maximum atomic E-state index is 12.1. The zero-order valence-corrected chi connectivity index (χ0v) is 12.5. The molecule has 0 aliphatic rings. The molecule has 0 saturated carbocycles. The van der Waals surface area contributed by atoms with Crippen LogP contribution in [0.4, 0.5) is 5.82 Å². The van der Waals surface area contributed by atoms with Crippen LogP contribution in [0.25, 0.3) is 0 Å². The molecule has 0 atom stereocenters. The largest absolute Gasteiger partial charge is 0.489 e. The van der Waals surface area contributed by atoms with Crippen LogP contribution in [-0.2, 0) is 6.61 Å². The number of benzene rings is 2. The first-order valence-corrected chi connectivity index (χ1v) is 7.30. The van der Waals surface area contributed by atoms with Crippen LogP contribution >= 0.6 is 0 Å². The predicted octanol–water partition coefficient (Wildman–Crippen LogP) is 3.91. The van der Waals surface area contributed by atoms with E-state index in [9.17, 15) is 4.79 Å². The second-order valence-corrected chi connectivity index (χ2v) is 4.97. The molecule has 0 aliphatic carbocycles. The Morgan fingerprint density at radius 3 is 2.35 bits per heavy atom. The van der Waals surface area contributed by atoms with Crippen LogP contribution in [0.3, 0.4) is 0 Å². The molecule has 1 amide bonds. The van der Waals surface area contributed by atoms with Gasteiger partial charge < -0.3 is 10.1 Å². The summed E-state index contributed by atoms with van der Waals surface area (Å²) in [5.74, 6) is 1.06. The Morgan fingerprint density at radius 1 is 0.913 bits per heavy atom. The summed E-state index contributed by atoms with van der Waals surface area (Å²) in [7, 11) is 0. The van der Waals surface area contributed by atoms with Gasteiger partial charge in [-0.15, -0.1) is 0 Å². The Labute approximate surface area is 134 Å². The standard InChI is InChI=1S/C19H16N2O2/c22-19(21-18-8-4-5-13-20-18)16-9-11-17(12-10-16)23-14-15-6-2-1-3-7-15/h1-13H,14H2,(H,20,21,22). The molecule has 114 valence electrons. The summed E-state index contributed by atoms with van der Waals surface area (Å²) in [5.41, 5.74) is 1.66. The third kappa shape index (κ3) is 4.17. The highest BCUT2D eigenvalue weighted by molar-refractivity contribution is 6.03. The Morgan fingerprint density at radius 2 is 1.65 bits per heavy atom. The second kappa shape index (κ2) is 7.22. The summed E-state index contributed by atoms with van der Waals surface area (Å²) < 4.78 is 5.70. The number of aromatic nitrogens is 1. The Balaban J connectivity index is 1.59. The van der Waals surface area contributed by atoms with Crippen LogP contribution in [0, 0.1) is 0 Å². The molecular weight excluding hydrogens is 288 g/mol. The van der Waals surface area contributed by atoms with Gasteiger partial charge in [0.25, 0.3) is 5.91 Å². The molecule has 0 bridgehead atoms. The summed E-state index contributed by atoms with van der Waals surface area (Å²) in [6.07, 6.45) is 1.64. The summed E-state index contributed by atoms with van der Waals surface area (Å²) in [4.78, 5) is 16.2. The van der Waals surface area contributed by atoms with Gasteiger partial charge in [-0.25, -0.2) is 4.98 Å². The lowest BCUT2D eigenvalue weighted by atomic mass is 10.2. The number of amides is 1. The van der Waals surface area contributed by atoms with Gasteiger partial charge in [0.1, 0.15) is 18.2 Å². The molecule has 0 saturated heterocycles. The van der Waals surface area contributed by atoms with Gasteiger partial charge in [-0.05, 0) is 42.0 Å². The number of hydrogen-bond acceptors (Lipinski definition) is 3. The quantitative estimate of drug-likeness (QED) is 0.777. The lowest BCUT2D eigenvalue weighted by molar-refractivity contribution is 0.102. The van der Waals surface area contributed by atoms with Crippen molar-refractivity contribution in [2.45, 2.75) is 6.61 Å². The highest BCUT2D eigenvalue weighted by Gasteiger charge is 2.06. The van der Waals surface area contributed by atoms with Crippen molar-refractivity contribution in [3.63, 3.8) is 0 Å². The average molecular weight is 304 g/mol. The third-order valence-electron chi connectivity index (χ3n) is 3.27. The van der Waals surface area contributed by atoms with Crippen LogP contribution in [0.15, 0.2) is 79.0 Å². The van der Waals surface area contributed by atoms with Crippen molar-refractivity contribution in [3.8, 4) is 5.75 Å². The monoisotopic (exact) mass is 304 g/mol. The molecular formula is C19H16N2O2. The number of hydrogen-bond donors (Lipinski definition) is 1. The summed E-state index contributed by atoms with van der Waals surface area (Å²) >= 11 is 0. The van der Waals surface area contributed by atoms with Gasteiger partial charge in [0, 0.05) is 11.8 Å². The molecule has 23 heavy (non-hydrogen) atoms. The highest BCUT2D eigenvalue weighted by atomic mass is 16.5. The van der Waals surface area contributed by atoms with Crippen LogP contribution < -0.4 is 10.1 Å². The third-order valence-corrected chi connectivity index (χ3v) is 3.27. The SMILES string of the molecule is O=C(Nc1ccccn1)c1ccc(OCc2ccccc2)cc1. The van der Waals surface area contributed by atoms with Gasteiger partial charge in [-0.2, -0.15) is 0 Å². The fourth-order valence-corrected chi connectivity index (χ4v) is 2.07. The number of carbonyl (C=O) groups excluding carboxylic acids is 1. The number of nitrogens with zero attached hydrogens (tertiary/aromatic N) is 1. The first-order valence-electron chi connectivity index (χ1n) is 7.30. The number of pyridine rings is 1. The molecule has 1 aromatic heterocycles. The molecule has 0 radical (unpaired) electrons. The molecule has 1 N–H and O–H groups in total. The Kier molecular flexibility index (Phi) is 4.64. The number of rotatable bonds is 5. The van der Waals surface area contributed by atoms with Gasteiger partial charge in [0.15, 0.2) is 0 Å². The minimum atomic E-state index is -0.196. The minimum absolute atomic E-state index is 0.196. The zero-order valence-electron chi connectivity index (χ0n) is 12.5. The number of nitrogens with one attached hydrogen (secondary N) is 1. The molecule has 0 fully saturated rings. The van der Waals surface area contributed by atoms with E-state index in [-0.39, 0.29) is 5.91 Å². The van der Waals surface area contributed by atoms with Crippen LogP contribution in [0.2, 0.25) is 0 Å². The first kappa shape index (κ1) is 14.8. The number of ether oxygens (including phenoxy) is 1. The van der Waals surface area contributed by atoms with E-state index in [0.717, 1.165) is 11.3 Å². The minimum Gasteiger partial charge on any atom is -0.489 e. The molecule has 1 heterocycles. The maximum Gasteiger partial charge on any atom is 0.256 e. The Hall–Kier alpha value is -3.14. The zero-order chi connectivity index (χ0) is 15.9. The normalized spacial score (nSPS) is 10.1. The van der Waals surface area contributed by atoms with Crippen molar-refractivity contribution in [2.24, 2.45) is 0 Å². The van der Waals surface area contributed by atoms with Crippen molar-refractivity contribution >= 4 is 11.7 Å². The highest BCUT2D eigenvalue weighted by Crippen LogP contribution is 2.15. The summed E-state index contributed by atoms with van der Waals surface area (Å²) in [6.45, 7) is 0.500. The topological polar surface area (TPSA) is 51.2 Å². The summed E-state index contributed by atoms with van der Waals surface area (Å²) in [5, 5.41) is 2.74. The lowest BCUT2D eigenvalue weighted by Gasteiger charge is -2.08.